The SMILES string of the molecule is CN1CCc2c(n(CC(C)(Cl)c3ccncn3)c3ccc(Cl)cc23)C1. The van der Waals surface area contributed by atoms with Gasteiger partial charge >= 0.3 is 0 Å². The molecule has 130 valence electrons. The summed E-state index contributed by atoms with van der Waals surface area (Å²) in [5.41, 5.74) is 4.74. The van der Waals surface area contributed by atoms with Crippen molar-refractivity contribution in [3.05, 3.63) is 58.8 Å². The first kappa shape index (κ1) is 16.8. The number of nitrogens with zero attached hydrogens (tertiary/aromatic N) is 4. The quantitative estimate of drug-likeness (QED) is 0.643. The fraction of sp³-hybridized carbons (Fsp3) is 0.368. The number of alkyl halides is 1. The molecule has 0 fully saturated rings. The molecule has 25 heavy (non-hydrogen) atoms. The summed E-state index contributed by atoms with van der Waals surface area (Å²) in [7, 11) is 2.15. The van der Waals surface area contributed by atoms with Gasteiger partial charge in [0.1, 0.15) is 11.2 Å². The van der Waals surface area contributed by atoms with E-state index < -0.39 is 4.87 Å². The molecule has 4 rings (SSSR count). The molecule has 1 unspecified atom stereocenters. The van der Waals surface area contributed by atoms with Crippen LogP contribution in [0.25, 0.3) is 10.9 Å². The van der Waals surface area contributed by atoms with Crippen molar-refractivity contribution < 1.29 is 0 Å². The van der Waals surface area contributed by atoms with Gasteiger partial charge in [-0.1, -0.05) is 11.6 Å². The third-order valence-electron chi connectivity index (χ3n) is 4.98. The van der Waals surface area contributed by atoms with E-state index in [-0.39, 0.29) is 0 Å². The molecule has 6 heteroatoms. The zero-order valence-corrected chi connectivity index (χ0v) is 15.8. The van der Waals surface area contributed by atoms with Gasteiger partial charge < -0.3 is 9.47 Å². The minimum Gasteiger partial charge on any atom is -0.341 e. The van der Waals surface area contributed by atoms with Crippen molar-refractivity contribution in [2.75, 3.05) is 13.6 Å². The molecule has 0 bridgehead atoms. The first-order valence-electron chi connectivity index (χ1n) is 8.39. The van der Waals surface area contributed by atoms with Crippen LogP contribution in [0.4, 0.5) is 0 Å². The highest BCUT2D eigenvalue weighted by molar-refractivity contribution is 6.31. The van der Waals surface area contributed by atoms with E-state index in [1.54, 1.807) is 12.5 Å². The van der Waals surface area contributed by atoms with Crippen molar-refractivity contribution in [1.29, 1.82) is 0 Å². The van der Waals surface area contributed by atoms with Crippen LogP contribution >= 0.6 is 23.2 Å². The highest BCUT2D eigenvalue weighted by Gasteiger charge is 2.30. The molecule has 3 heterocycles. The molecular formula is C19H20Cl2N4. The lowest BCUT2D eigenvalue weighted by molar-refractivity contribution is 0.301. The summed E-state index contributed by atoms with van der Waals surface area (Å²) in [5.74, 6) is 0. The largest absolute Gasteiger partial charge is 0.341 e. The standard InChI is InChI=1S/C19H20Cl2N4/c1-19(21,18-5-7-22-12-23-18)11-25-16-4-3-13(20)9-15(16)14-6-8-24(2)10-17(14)25/h3-5,7,9,12H,6,8,10-11H2,1-2H3. The van der Waals surface area contributed by atoms with Crippen LogP contribution in [0, 0.1) is 0 Å². The first-order chi connectivity index (χ1) is 12.0. The lowest BCUT2D eigenvalue weighted by atomic mass is 10.0. The van der Waals surface area contributed by atoms with E-state index in [0.717, 1.165) is 30.2 Å². The monoisotopic (exact) mass is 374 g/mol. The van der Waals surface area contributed by atoms with Gasteiger partial charge in [-0.05, 0) is 50.2 Å². The van der Waals surface area contributed by atoms with Crippen LogP contribution in [0.5, 0.6) is 0 Å². The Hall–Kier alpha value is -1.62. The molecular weight excluding hydrogens is 355 g/mol. The molecule has 0 radical (unpaired) electrons. The average Bonchev–Trinajstić information content (AvgIpc) is 2.88. The summed E-state index contributed by atoms with van der Waals surface area (Å²) in [6, 6.07) is 8.01. The van der Waals surface area contributed by atoms with Crippen LogP contribution in [0.3, 0.4) is 0 Å². The molecule has 2 aromatic heterocycles. The molecule has 0 amide bonds. The zero-order valence-electron chi connectivity index (χ0n) is 14.3. The van der Waals surface area contributed by atoms with Gasteiger partial charge in [0, 0.05) is 47.5 Å². The van der Waals surface area contributed by atoms with Gasteiger partial charge in [0.15, 0.2) is 0 Å². The highest BCUT2D eigenvalue weighted by Crippen LogP contribution is 2.36. The topological polar surface area (TPSA) is 34.0 Å². The van der Waals surface area contributed by atoms with Crippen molar-refractivity contribution in [2.24, 2.45) is 0 Å². The van der Waals surface area contributed by atoms with Crippen molar-refractivity contribution in [1.82, 2.24) is 19.4 Å². The summed E-state index contributed by atoms with van der Waals surface area (Å²) < 4.78 is 2.34. The predicted molar refractivity (Wildman–Crippen MR) is 102 cm³/mol. The zero-order chi connectivity index (χ0) is 17.6. The summed E-state index contributed by atoms with van der Waals surface area (Å²) in [4.78, 5) is 10.1. The fourth-order valence-corrected chi connectivity index (χ4v) is 4.11. The van der Waals surface area contributed by atoms with Crippen molar-refractivity contribution in [2.45, 2.75) is 31.3 Å². The maximum absolute atomic E-state index is 6.91. The third-order valence-corrected chi connectivity index (χ3v) is 5.53. The van der Waals surface area contributed by atoms with E-state index in [2.05, 4.69) is 38.6 Å². The first-order valence-corrected chi connectivity index (χ1v) is 9.15. The normalized spacial score (nSPS) is 17.4. The van der Waals surface area contributed by atoms with Gasteiger partial charge in [-0.2, -0.15) is 0 Å². The summed E-state index contributed by atoms with van der Waals surface area (Å²) in [6.45, 7) is 4.63. The van der Waals surface area contributed by atoms with Crippen molar-refractivity contribution in [3.8, 4) is 0 Å². The number of aromatic nitrogens is 3. The highest BCUT2D eigenvalue weighted by atomic mass is 35.5. The number of hydrogen-bond donors (Lipinski definition) is 0. The summed E-state index contributed by atoms with van der Waals surface area (Å²) in [6.07, 6.45) is 4.31. The molecule has 0 aliphatic carbocycles. The van der Waals surface area contributed by atoms with Crippen molar-refractivity contribution >= 4 is 34.1 Å². The molecule has 0 spiro atoms. The molecule has 3 aromatic rings. The van der Waals surface area contributed by atoms with Gasteiger partial charge in [0.05, 0.1) is 5.69 Å². The fourth-order valence-electron chi connectivity index (χ4n) is 3.70. The Kier molecular flexibility index (Phi) is 4.22. The predicted octanol–water partition coefficient (Wildman–Crippen LogP) is 4.23. The minimum absolute atomic E-state index is 0.613. The maximum Gasteiger partial charge on any atom is 0.115 e. The van der Waals surface area contributed by atoms with Crippen LogP contribution < -0.4 is 0 Å². The maximum atomic E-state index is 6.91. The number of halogens is 2. The van der Waals surface area contributed by atoms with E-state index in [0.29, 0.717) is 6.54 Å². The van der Waals surface area contributed by atoms with E-state index in [1.807, 2.05) is 19.1 Å². The van der Waals surface area contributed by atoms with Gasteiger partial charge in [-0.25, -0.2) is 9.97 Å². The Bertz CT molecular complexity index is 918. The molecule has 1 aliphatic rings. The van der Waals surface area contributed by atoms with Gasteiger partial charge in [-0.3, -0.25) is 0 Å². The average molecular weight is 375 g/mol. The molecule has 1 atom stereocenters. The molecule has 0 N–H and O–H groups in total. The molecule has 0 saturated carbocycles. The molecule has 1 aromatic carbocycles. The van der Waals surface area contributed by atoms with E-state index >= 15 is 0 Å². The van der Waals surface area contributed by atoms with Gasteiger partial charge in [0.25, 0.3) is 0 Å². The van der Waals surface area contributed by atoms with Crippen LogP contribution in [0.2, 0.25) is 5.02 Å². The van der Waals surface area contributed by atoms with Crippen LogP contribution in [-0.4, -0.2) is 33.0 Å². The molecule has 4 nitrogen and oxygen atoms in total. The summed E-state index contributed by atoms with van der Waals surface area (Å²) in [5, 5.41) is 2.02. The van der Waals surface area contributed by atoms with E-state index in [1.165, 1.54) is 22.2 Å². The Balaban J connectivity index is 1.85. The Morgan fingerprint density at radius 2 is 2.12 bits per heavy atom. The number of rotatable bonds is 3. The third kappa shape index (κ3) is 3.03. The smallest absolute Gasteiger partial charge is 0.115 e. The van der Waals surface area contributed by atoms with E-state index in [4.69, 9.17) is 23.2 Å². The van der Waals surface area contributed by atoms with Gasteiger partial charge in [-0.15, -0.1) is 11.6 Å². The van der Waals surface area contributed by atoms with Crippen LogP contribution in [0.1, 0.15) is 23.9 Å². The lowest BCUT2D eigenvalue weighted by Crippen LogP contribution is -2.30. The lowest BCUT2D eigenvalue weighted by Gasteiger charge is -2.28. The van der Waals surface area contributed by atoms with Crippen LogP contribution in [-0.2, 0) is 24.4 Å². The van der Waals surface area contributed by atoms with Gasteiger partial charge in [0.2, 0.25) is 0 Å². The van der Waals surface area contributed by atoms with Crippen molar-refractivity contribution in [3.63, 3.8) is 0 Å². The Morgan fingerprint density at radius 1 is 1.28 bits per heavy atom. The number of fused-ring (bicyclic) bond motifs is 3. The molecule has 1 aliphatic heterocycles. The number of hydrogen-bond acceptors (Lipinski definition) is 3. The summed E-state index contributed by atoms with van der Waals surface area (Å²) >= 11 is 13.2. The Labute approximate surface area is 157 Å². The van der Waals surface area contributed by atoms with E-state index in [9.17, 15) is 0 Å². The second-order valence-corrected chi connectivity index (χ2v) is 8.22. The second kappa shape index (κ2) is 6.27. The van der Waals surface area contributed by atoms with Crippen LogP contribution in [0.15, 0.2) is 36.8 Å². The number of benzene rings is 1. The number of likely N-dealkylation sites (N-methyl/N-ethyl adjacent to an activating group) is 1. The molecule has 0 saturated heterocycles. The Morgan fingerprint density at radius 3 is 2.88 bits per heavy atom. The second-order valence-electron chi connectivity index (χ2n) is 6.95. The minimum atomic E-state index is -0.613.